The molecule has 0 saturated heterocycles. The van der Waals surface area contributed by atoms with Gasteiger partial charge in [-0.15, -0.1) is 9.66 Å². The minimum absolute atomic E-state index is 0.371. The molecule has 0 spiro atoms. The van der Waals surface area contributed by atoms with Crippen LogP contribution in [0, 0.1) is 0 Å². The van der Waals surface area contributed by atoms with Crippen LogP contribution in [0.15, 0.2) is 0 Å². The predicted molar refractivity (Wildman–Crippen MR) is 64.9 cm³/mol. The van der Waals surface area contributed by atoms with Gasteiger partial charge in [-0.05, 0) is 0 Å². The van der Waals surface area contributed by atoms with Gasteiger partial charge in [-0.1, -0.05) is 0 Å². The van der Waals surface area contributed by atoms with E-state index in [4.69, 9.17) is 0 Å². The number of rotatable bonds is 7. The second-order valence-corrected chi connectivity index (χ2v) is 6.77. The maximum Gasteiger partial charge on any atom is 0.422 e. The van der Waals surface area contributed by atoms with Gasteiger partial charge in [0.1, 0.15) is 13.2 Å². The van der Waals surface area contributed by atoms with Crippen molar-refractivity contribution in [3.05, 3.63) is 0 Å². The lowest BCUT2D eigenvalue weighted by atomic mass is 10.8. The molecular formula is C6H14N4O8S2. The van der Waals surface area contributed by atoms with Crippen molar-refractivity contribution >= 4 is 32.2 Å². The molecule has 0 aromatic rings. The van der Waals surface area contributed by atoms with Crippen LogP contribution < -0.4 is 20.5 Å². The van der Waals surface area contributed by atoms with E-state index in [9.17, 15) is 26.4 Å². The van der Waals surface area contributed by atoms with Crippen molar-refractivity contribution in [3.8, 4) is 0 Å². The van der Waals surface area contributed by atoms with Crippen LogP contribution in [0.1, 0.15) is 0 Å². The van der Waals surface area contributed by atoms with Gasteiger partial charge in [0.2, 0.25) is 20.0 Å². The van der Waals surface area contributed by atoms with Crippen LogP contribution in [0.5, 0.6) is 0 Å². The first kappa shape index (κ1) is 18.4. The van der Waals surface area contributed by atoms with E-state index in [1.165, 1.54) is 0 Å². The molecule has 0 unspecified atom stereocenters. The number of amides is 2. The van der Waals surface area contributed by atoms with Gasteiger partial charge < -0.3 is 9.47 Å². The molecule has 0 aromatic carbocycles. The Labute approximate surface area is 115 Å². The summed E-state index contributed by atoms with van der Waals surface area (Å²) in [5, 5.41) is 0. The number of sulfonamides is 2. The molecule has 0 aliphatic carbocycles. The van der Waals surface area contributed by atoms with E-state index in [0.29, 0.717) is 0 Å². The zero-order valence-corrected chi connectivity index (χ0v) is 12.1. The Morgan fingerprint density at radius 2 is 1.10 bits per heavy atom. The van der Waals surface area contributed by atoms with Gasteiger partial charge in [-0.3, -0.25) is 0 Å². The highest BCUT2D eigenvalue weighted by Crippen LogP contribution is 1.82. The van der Waals surface area contributed by atoms with Crippen LogP contribution in [-0.2, 0) is 29.5 Å². The summed E-state index contributed by atoms with van der Waals surface area (Å²) in [6.45, 7) is -0.743. The Morgan fingerprint density at radius 1 is 0.800 bits per heavy atom. The third-order valence-electron chi connectivity index (χ3n) is 1.23. The van der Waals surface area contributed by atoms with E-state index in [1.807, 2.05) is 0 Å². The van der Waals surface area contributed by atoms with E-state index in [0.717, 1.165) is 12.5 Å². The Morgan fingerprint density at radius 3 is 1.35 bits per heavy atom. The first-order valence-electron chi connectivity index (χ1n) is 4.79. The summed E-state index contributed by atoms with van der Waals surface area (Å²) in [4.78, 5) is 25.1. The van der Waals surface area contributed by atoms with Crippen molar-refractivity contribution in [1.29, 1.82) is 0 Å². The third kappa shape index (κ3) is 12.8. The quantitative estimate of drug-likeness (QED) is 0.289. The van der Waals surface area contributed by atoms with Crippen LogP contribution in [0.2, 0.25) is 0 Å². The molecule has 2 amide bonds. The second kappa shape index (κ2) is 7.83. The number of carbonyl (C=O) groups excluding carboxylic acids is 2. The van der Waals surface area contributed by atoms with Gasteiger partial charge in [-0.25, -0.2) is 37.3 Å². The van der Waals surface area contributed by atoms with E-state index >= 15 is 0 Å². The van der Waals surface area contributed by atoms with Crippen molar-refractivity contribution in [2.24, 2.45) is 0 Å². The van der Waals surface area contributed by atoms with E-state index < -0.39 is 32.2 Å². The number of nitrogens with one attached hydrogen (secondary N) is 4. The van der Waals surface area contributed by atoms with Gasteiger partial charge in [0, 0.05) is 0 Å². The van der Waals surface area contributed by atoms with Crippen LogP contribution in [0.3, 0.4) is 0 Å². The molecule has 0 aliphatic heterocycles. The summed E-state index contributed by atoms with van der Waals surface area (Å²) < 4.78 is 51.2. The number of ether oxygens (including phenoxy) is 2. The second-order valence-electron chi connectivity index (χ2n) is 3.27. The molecule has 0 aromatic heterocycles. The highest BCUT2D eigenvalue weighted by Gasteiger charge is 2.08. The summed E-state index contributed by atoms with van der Waals surface area (Å²) in [5.41, 5.74) is 3.42. The summed E-state index contributed by atoms with van der Waals surface area (Å²) in [5.74, 6) is 0. The summed E-state index contributed by atoms with van der Waals surface area (Å²) in [7, 11) is -7.21. The average molecular weight is 334 g/mol. The maximum atomic E-state index is 10.9. The van der Waals surface area contributed by atoms with E-state index in [2.05, 4.69) is 9.47 Å². The highest BCUT2D eigenvalue weighted by molar-refractivity contribution is 7.88. The summed E-state index contributed by atoms with van der Waals surface area (Å²) >= 11 is 0. The minimum Gasteiger partial charge on any atom is -0.445 e. The van der Waals surface area contributed by atoms with Crippen molar-refractivity contribution in [3.63, 3.8) is 0 Å². The van der Waals surface area contributed by atoms with Gasteiger partial charge >= 0.3 is 12.2 Å². The lowest BCUT2D eigenvalue weighted by Crippen LogP contribution is -2.42. The number of hydrazine groups is 2. The molecular weight excluding hydrogens is 320 g/mol. The molecule has 0 radical (unpaired) electrons. The molecule has 0 rings (SSSR count). The van der Waals surface area contributed by atoms with Crippen molar-refractivity contribution in [2.45, 2.75) is 0 Å². The fraction of sp³-hybridized carbons (Fsp3) is 0.667. The zero-order chi connectivity index (χ0) is 15.8. The first-order chi connectivity index (χ1) is 8.99. The summed E-state index contributed by atoms with van der Waals surface area (Å²) in [6.07, 6.45) is -0.576. The minimum atomic E-state index is -3.61. The molecule has 12 nitrogen and oxygen atoms in total. The number of carbonyl (C=O) groups is 2. The molecule has 20 heavy (non-hydrogen) atoms. The van der Waals surface area contributed by atoms with Crippen molar-refractivity contribution in [1.82, 2.24) is 20.5 Å². The topological polar surface area (TPSA) is 169 Å². The van der Waals surface area contributed by atoms with Gasteiger partial charge in [0.05, 0.1) is 12.5 Å². The standard InChI is InChI=1S/C6H14N4O8S2/c1-19(13,14)9-7-5(11)17-3-4-18-6(12)8-10-20(2,15)16/h9-10H,3-4H2,1-2H3,(H,7,11)(H,8,12). The predicted octanol–water partition coefficient (Wildman–Crippen LogP) is -2.63. The number of hydrogen-bond donors (Lipinski definition) is 4. The van der Waals surface area contributed by atoms with Gasteiger partial charge in [0.15, 0.2) is 0 Å². The van der Waals surface area contributed by atoms with Crippen LogP contribution in [-0.4, -0.2) is 54.7 Å². The molecule has 0 aliphatic rings. The van der Waals surface area contributed by atoms with E-state index in [1.54, 1.807) is 20.5 Å². The van der Waals surface area contributed by atoms with Crippen LogP contribution >= 0.6 is 0 Å². The average Bonchev–Trinajstić information content (AvgIpc) is 2.27. The molecule has 0 saturated carbocycles. The van der Waals surface area contributed by atoms with E-state index in [-0.39, 0.29) is 13.2 Å². The Kier molecular flexibility index (Phi) is 7.19. The highest BCUT2D eigenvalue weighted by atomic mass is 32.2. The fourth-order valence-electron chi connectivity index (χ4n) is 0.610. The normalized spacial score (nSPS) is 11.5. The molecule has 118 valence electrons. The number of hydrogen-bond acceptors (Lipinski definition) is 8. The van der Waals surface area contributed by atoms with Crippen LogP contribution in [0.4, 0.5) is 9.59 Å². The Hall–Kier alpha value is -1.64. The lowest BCUT2D eigenvalue weighted by Gasteiger charge is -2.08. The molecule has 0 atom stereocenters. The molecule has 0 heterocycles. The molecule has 4 N–H and O–H groups in total. The molecule has 14 heteroatoms. The van der Waals surface area contributed by atoms with Crippen LogP contribution in [0.25, 0.3) is 0 Å². The summed E-state index contributed by atoms with van der Waals surface area (Å²) in [6, 6.07) is 0. The smallest absolute Gasteiger partial charge is 0.422 e. The van der Waals surface area contributed by atoms with Gasteiger partial charge in [0.25, 0.3) is 0 Å². The maximum absolute atomic E-state index is 10.9. The van der Waals surface area contributed by atoms with Crippen molar-refractivity contribution in [2.75, 3.05) is 25.7 Å². The Balaban J connectivity index is 3.71. The SMILES string of the molecule is CS(=O)(=O)NNC(=O)OCCOC(=O)NNS(C)(=O)=O. The fourth-order valence-corrected chi connectivity index (χ4v) is 1.15. The third-order valence-corrected chi connectivity index (χ3v) is 2.17. The molecule has 0 bridgehead atoms. The Bertz CT molecular complexity index is 491. The monoisotopic (exact) mass is 334 g/mol. The largest absolute Gasteiger partial charge is 0.445 e. The first-order valence-corrected chi connectivity index (χ1v) is 8.57. The zero-order valence-electron chi connectivity index (χ0n) is 10.5. The lowest BCUT2D eigenvalue weighted by molar-refractivity contribution is 0.0942. The van der Waals surface area contributed by atoms with Gasteiger partial charge in [-0.2, -0.15) is 0 Å². The molecule has 0 fully saturated rings. The van der Waals surface area contributed by atoms with Crippen molar-refractivity contribution < 1.29 is 35.9 Å².